The molecular formula is C25H33NO5. The number of anilines is 1. The maximum Gasteiger partial charge on any atom is 0.374 e. The molecule has 2 aromatic rings. The maximum atomic E-state index is 12.7. The second-order valence-electron chi connectivity index (χ2n) is 9.10. The molecule has 2 unspecified atom stereocenters. The highest BCUT2D eigenvalue weighted by molar-refractivity contribution is 5.86. The summed E-state index contributed by atoms with van der Waals surface area (Å²) in [7, 11) is 1.88. The van der Waals surface area contributed by atoms with E-state index in [1.807, 2.05) is 39.1 Å². The number of hydrogen-bond acceptors (Lipinski definition) is 6. The number of rotatable bonds is 7. The van der Waals surface area contributed by atoms with E-state index >= 15 is 0 Å². The first-order chi connectivity index (χ1) is 15.0. The molecule has 1 N–H and O–H groups in total. The second-order valence-corrected chi connectivity index (χ2v) is 9.10. The number of carbonyl (C=O) groups excluding carboxylic acids is 1. The molecule has 1 aliphatic heterocycles. The minimum absolute atomic E-state index is 0.173. The highest BCUT2D eigenvalue weighted by Gasteiger charge is 2.48. The molecule has 2 heterocycles. The van der Waals surface area contributed by atoms with Crippen molar-refractivity contribution in [2.45, 2.75) is 70.2 Å². The summed E-state index contributed by atoms with van der Waals surface area (Å²) in [5.41, 5.74) is 1.09. The van der Waals surface area contributed by atoms with Crippen molar-refractivity contribution < 1.29 is 23.4 Å². The van der Waals surface area contributed by atoms with E-state index in [0.29, 0.717) is 12.5 Å². The number of carbonyl (C=O) groups is 1. The monoisotopic (exact) mass is 427 g/mol. The molecule has 0 spiro atoms. The van der Waals surface area contributed by atoms with Gasteiger partial charge in [0.25, 0.3) is 0 Å². The van der Waals surface area contributed by atoms with E-state index in [0.717, 1.165) is 23.4 Å². The fraction of sp³-hybridized carbons (Fsp3) is 0.560. The number of ether oxygens (including phenoxy) is 3. The third-order valence-electron chi connectivity index (χ3n) is 6.44. The molecule has 0 bridgehead atoms. The largest absolute Gasteiger partial charge is 0.483 e. The third kappa shape index (κ3) is 4.90. The van der Waals surface area contributed by atoms with Gasteiger partial charge in [0.05, 0.1) is 6.26 Å². The summed E-state index contributed by atoms with van der Waals surface area (Å²) in [6.07, 6.45) is 7.98. The zero-order valence-corrected chi connectivity index (χ0v) is 18.7. The van der Waals surface area contributed by atoms with Gasteiger partial charge in [0.2, 0.25) is 5.76 Å². The fourth-order valence-corrected chi connectivity index (χ4v) is 4.67. The summed E-state index contributed by atoms with van der Waals surface area (Å²) < 4.78 is 23.9. The predicted octanol–water partition coefficient (Wildman–Crippen LogP) is 5.75. The predicted molar refractivity (Wildman–Crippen MR) is 118 cm³/mol. The number of furan rings is 1. The highest BCUT2D eigenvalue weighted by atomic mass is 16.6. The molecule has 1 aromatic heterocycles. The highest BCUT2D eigenvalue weighted by Crippen LogP contribution is 2.45. The van der Waals surface area contributed by atoms with E-state index in [1.165, 1.54) is 38.4 Å². The molecule has 1 aromatic carbocycles. The zero-order chi connectivity index (χ0) is 21.8. The average Bonchev–Trinajstić information content (AvgIpc) is 3.31. The molecule has 0 radical (unpaired) electrons. The van der Waals surface area contributed by atoms with Gasteiger partial charge in [-0.25, -0.2) is 4.79 Å². The van der Waals surface area contributed by atoms with Gasteiger partial charge < -0.3 is 23.9 Å². The Balaban J connectivity index is 1.58. The first-order valence-corrected chi connectivity index (χ1v) is 11.3. The van der Waals surface area contributed by atoms with Crippen LogP contribution >= 0.6 is 0 Å². The summed E-state index contributed by atoms with van der Waals surface area (Å²) in [4.78, 5) is 12.7. The summed E-state index contributed by atoms with van der Waals surface area (Å²) in [5.74, 6) is 1.14. The summed E-state index contributed by atoms with van der Waals surface area (Å²) in [6, 6.07) is 9.22. The number of hydrogen-bond donors (Lipinski definition) is 1. The first-order valence-electron chi connectivity index (χ1n) is 11.3. The van der Waals surface area contributed by atoms with E-state index in [9.17, 15) is 4.79 Å². The summed E-state index contributed by atoms with van der Waals surface area (Å²) >= 11 is 0. The molecule has 0 saturated heterocycles. The molecule has 2 aliphatic rings. The number of benzene rings is 1. The second kappa shape index (κ2) is 9.35. The van der Waals surface area contributed by atoms with Gasteiger partial charge in [0.1, 0.15) is 17.5 Å². The van der Waals surface area contributed by atoms with Gasteiger partial charge in [-0.1, -0.05) is 32.1 Å². The van der Waals surface area contributed by atoms with Crippen molar-refractivity contribution in [3.63, 3.8) is 0 Å². The molecular weight excluding hydrogens is 394 g/mol. The van der Waals surface area contributed by atoms with Crippen molar-refractivity contribution in [3.8, 4) is 5.75 Å². The Morgan fingerprint density at radius 2 is 2.00 bits per heavy atom. The van der Waals surface area contributed by atoms with Crippen LogP contribution in [-0.4, -0.2) is 31.3 Å². The van der Waals surface area contributed by atoms with Crippen LogP contribution in [0.5, 0.6) is 5.75 Å². The lowest BCUT2D eigenvalue weighted by Crippen LogP contribution is -2.51. The van der Waals surface area contributed by atoms with Crippen molar-refractivity contribution in [3.05, 3.63) is 47.9 Å². The van der Waals surface area contributed by atoms with Crippen molar-refractivity contribution in [1.29, 1.82) is 0 Å². The van der Waals surface area contributed by atoms with Crippen LogP contribution in [0, 0.1) is 5.92 Å². The number of nitrogens with one attached hydrogen (secondary N) is 1. The molecule has 6 nitrogen and oxygen atoms in total. The van der Waals surface area contributed by atoms with Crippen LogP contribution in [0.25, 0.3) is 0 Å². The van der Waals surface area contributed by atoms with E-state index in [4.69, 9.17) is 18.6 Å². The van der Waals surface area contributed by atoms with E-state index in [1.54, 1.807) is 12.1 Å². The van der Waals surface area contributed by atoms with Crippen LogP contribution in [0.2, 0.25) is 0 Å². The average molecular weight is 428 g/mol. The zero-order valence-electron chi connectivity index (χ0n) is 18.7. The van der Waals surface area contributed by atoms with E-state index in [-0.39, 0.29) is 5.76 Å². The lowest BCUT2D eigenvalue weighted by molar-refractivity contribution is -0.141. The first kappa shape index (κ1) is 21.8. The minimum atomic E-state index is -0.758. The van der Waals surface area contributed by atoms with Crippen LogP contribution in [-0.2, 0) is 9.47 Å². The SMILES string of the molecule is CNc1ccc2c(c1)C(OCCC1CCCCC1)C(OC(=O)c1ccco1)C(C)(C)O2. The van der Waals surface area contributed by atoms with Crippen molar-refractivity contribution in [2.24, 2.45) is 5.92 Å². The van der Waals surface area contributed by atoms with Gasteiger partial charge >= 0.3 is 5.97 Å². The van der Waals surface area contributed by atoms with Gasteiger partial charge in [0, 0.05) is 24.9 Å². The van der Waals surface area contributed by atoms with Gasteiger partial charge in [0.15, 0.2) is 6.10 Å². The lowest BCUT2D eigenvalue weighted by atomic mass is 9.86. The van der Waals surface area contributed by atoms with Crippen LogP contribution in [0.1, 0.15) is 74.6 Å². The Kier molecular flexibility index (Phi) is 6.56. The van der Waals surface area contributed by atoms with E-state index in [2.05, 4.69) is 5.32 Å². The fourth-order valence-electron chi connectivity index (χ4n) is 4.67. The number of esters is 1. The topological polar surface area (TPSA) is 69.9 Å². The smallest absolute Gasteiger partial charge is 0.374 e. The quantitative estimate of drug-likeness (QED) is 0.568. The Morgan fingerprint density at radius 3 is 2.71 bits per heavy atom. The van der Waals surface area contributed by atoms with Gasteiger partial charge in [-0.3, -0.25) is 0 Å². The van der Waals surface area contributed by atoms with Gasteiger partial charge in [-0.05, 0) is 56.5 Å². The lowest BCUT2D eigenvalue weighted by Gasteiger charge is -2.43. The molecule has 31 heavy (non-hydrogen) atoms. The number of fused-ring (bicyclic) bond motifs is 1. The Hall–Kier alpha value is -2.47. The summed E-state index contributed by atoms with van der Waals surface area (Å²) in [5, 5.41) is 3.17. The van der Waals surface area contributed by atoms with Crippen LogP contribution in [0.4, 0.5) is 5.69 Å². The Bertz CT molecular complexity index is 870. The normalized spacial score (nSPS) is 22.9. The minimum Gasteiger partial charge on any atom is -0.483 e. The van der Waals surface area contributed by atoms with Gasteiger partial charge in [-0.15, -0.1) is 0 Å². The molecule has 1 fully saturated rings. The van der Waals surface area contributed by atoms with Gasteiger partial charge in [-0.2, -0.15) is 0 Å². The van der Waals surface area contributed by atoms with Crippen LogP contribution < -0.4 is 10.1 Å². The molecule has 2 atom stereocenters. The molecule has 168 valence electrons. The molecule has 1 saturated carbocycles. The molecule has 1 aliphatic carbocycles. The third-order valence-corrected chi connectivity index (χ3v) is 6.44. The summed E-state index contributed by atoms with van der Waals surface area (Å²) in [6.45, 7) is 4.49. The molecule has 4 rings (SSSR count). The standard InChI is InChI=1S/C25H33NO5/c1-25(2)23(30-24(27)21-10-7-14-28-21)22(29-15-13-17-8-5-4-6-9-17)19-16-18(26-3)11-12-20(19)31-25/h7,10-12,14,16-17,22-23,26H,4-6,8-9,13,15H2,1-3H3. The Labute approximate surface area is 184 Å². The van der Waals surface area contributed by atoms with Crippen molar-refractivity contribution >= 4 is 11.7 Å². The van der Waals surface area contributed by atoms with Crippen LogP contribution in [0.15, 0.2) is 41.0 Å². The van der Waals surface area contributed by atoms with E-state index < -0.39 is 23.8 Å². The molecule has 0 amide bonds. The molecule has 6 heteroatoms. The Morgan fingerprint density at radius 1 is 1.19 bits per heavy atom. The maximum absolute atomic E-state index is 12.7. The van der Waals surface area contributed by atoms with Crippen molar-refractivity contribution in [1.82, 2.24) is 0 Å². The van der Waals surface area contributed by atoms with Crippen molar-refractivity contribution in [2.75, 3.05) is 19.0 Å². The van der Waals surface area contributed by atoms with Crippen LogP contribution in [0.3, 0.4) is 0 Å².